The van der Waals surface area contributed by atoms with Crippen LogP contribution in [0.2, 0.25) is 0 Å². The molecule has 0 bridgehead atoms. The standard InChI is InChI=1S/C19H26N2O2S2/c1-2-18-11-12-19(24-18)25(22,23)20-13-5-6-16-7-9-17(10-8-16)21-14-3-4-15-21/h7-12,20H,2-6,13-15H2,1H3. The van der Waals surface area contributed by atoms with E-state index in [-0.39, 0.29) is 0 Å². The summed E-state index contributed by atoms with van der Waals surface area (Å²) >= 11 is 1.35. The summed E-state index contributed by atoms with van der Waals surface area (Å²) in [6, 6.07) is 12.3. The minimum Gasteiger partial charge on any atom is -0.372 e. The van der Waals surface area contributed by atoms with E-state index in [2.05, 4.69) is 33.9 Å². The molecule has 0 radical (unpaired) electrons. The molecule has 0 unspecified atom stereocenters. The molecule has 2 aromatic rings. The second kappa shape index (κ2) is 8.34. The van der Waals surface area contributed by atoms with Gasteiger partial charge < -0.3 is 4.90 Å². The van der Waals surface area contributed by atoms with Gasteiger partial charge in [0, 0.05) is 30.2 Å². The van der Waals surface area contributed by atoms with Gasteiger partial charge in [-0.15, -0.1) is 11.3 Å². The highest BCUT2D eigenvalue weighted by atomic mass is 32.2. The van der Waals surface area contributed by atoms with Crippen molar-refractivity contribution in [3.05, 3.63) is 46.8 Å². The largest absolute Gasteiger partial charge is 0.372 e. The average Bonchev–Trinajstić information content (AvgIpc) is 3.31. The molecule has 0 aliphatic carbocycles. The Morgan fingerprint density at radius 1 is 1.08 bits per heavy atom. The van der Waals surface area contributed by atoms with Crippen molar-refractivity contribution in [1.82, 2.24) is 4.72 Å². The Bertz CT molecular complexity index is 776. The van der Waals surface area contributed by atoms with Crippen LogP contribution < -0.4 is 9.62 Å². The van der Waals surface area contributed by atoms with Gasteiger partial charge in [-0.3, -0.25) is 0 Å². The lowest BCUT2D eigenvalue weighted by atomic mass is 10.1. The maximum absolute atomic E-state index is 12.3. The zero-order valence-electron chi connectivity index (χ0n) is 14.7. The van der Waals surface area contributed by atoms with Gasteiger partial charge in [-0.2, -0.15) is 0 Å². The molecule has 1 aromatic carbocycles. The van der Waals surface area contributed by atoms with Crippen LogP contribution in [0, 0.1) is 0 Å². The Kier molecular flexibility index (Phi) is 6.15. The van der Waals surface area contributed by atoms with Crippen molar-refractivity contribution in [3.8, 4) is 0 Å². The number of thiophene rings is 1. The van der Waals surface area contributed by atoms with Crippen LogP contribution in [0.15, 0.2) is 40.6 Å². The summed E-state index contributed by atoms with van der Waals surface area (Å²) in [4.78, 5) is 3.52. The fourth-order valence-electron chi connectivity index (χ4n) is 3.11. The topological polar surface area (TPSA) is 49.4 Å². The molecule has 1 fully saturated rings. The third-order valence-electron chi connectivity index (χ3n) is 4.59. The molecule has 3 rings (SSSR count). The first-order valence-corrected chi connectivity index (χ1v) is 11.3. The van der Waals surface area contributed by atoms with Crippen LogP contribution in [0.4, 0.5) is 5.69 Å². The first kappa shape index (κ1) is 18.4. The Morgan fingerprint density at radius 3 is 2.44 bits per heavy atom. The molecule has 2 heterocycles. The van der Waals surface area contributed by atoms with Crippen molar-refractivity contribution < 1.29 is 8.42 Å². The van der Waals surface area contributed by atoms with Crippen LogP contribution in [0.5, 0.6) is 0 Å². The third-order valence-corrected chi connectivity index (χ3v) is 7.77. The van der Waals surface area contributed by atoms with Gasteiger partial charge in [0.15, 0.2) is 0 Å². The number of benzene rings is 1. The van der Waals surface area contributed by atoms with Crippen LogP contribution in [-0.4, -0.2) is 28.1 Å². The van der Waals surface area contributed by atoms with Crippen molar-refractivity contribution in [2.24, 2.45) is 0 Å². The molecule has 1 N–H and O–H groups in total. The molecule has 136 valence electrons. The predicted molar refractivity (Wildman–Crippen MR) is 105 cm³/mol. The highest BCUT2D eigenvalue weighted by molar-refractivity contribution is 7.91. The van der Waals surface area contributed by atoms with Gasteiger partial charge in [0.05, 0.1) is 0 Å². The number of nitrogens with zero attached hydrogens (tertiary/aromatic N) is 1. The van der Waals surface area contributed by atoms with Crippen molar-refractivity contribution in [2.45, 2.75) is 43.2 Å². The van der Waals surface area contributed by atoms with Crippen LogP contribution in [0.1, 0.15) is 36.6 Å². The van der Waals surface area contributed by atoms with Crippen LogP contribution in [0.25, 0.3) is 0 Å². The summed E-state index contributed by atoms with van der Waals surface area (Å²) in [7, 11) is -3.36. The molecule has 1 aliphatic rings. The molecule has 6 heteroatoms. The first-order valence-electron chi connectivity index (χ1n) is 9.01. The van der Waals surface area contributed by atoms with E-state index in [4.69, 9.17) is 0 Å². The molecule has 4 nitrogen and oxygen atoms in total. The zero-order chi connectivity index (χ0) is 17.7. The summed E-state index contributed by atoms with van der Waals surface area (Å²) in [5.74, 6) is 0. The molecule has 1 aliphatic heterocycles. The average molecular weight is 379 g/mol. The van der Waals surface area contributed by atoms with E-state index in [0.29, 0.717) is 10.8 Å². The smallest absolute Gasteiger partial charge is 0.250 e. The summed E-state index contributed by atoms with van der Waals surface area (Å²) in [6.07, 6.45) is 5.12. The van der Waals surface area contributed by atoms with Gasteiger partial charge in [0.1, 0.15) is 4.21 Å². The molecule has 0 saturated carbocycles. The lowest BCUT2D eigenvalue weighted by Gasteiger charge is -2.17. The number of hydrogen-bond acceptors (Lipinski definition) is 4. The van der Waals surface area contributed by atoms with Gasteiger partial charge in [-0.1, -0.05) is 19.1 Å². The lowest BCUT2D eigenvalue weighted by molar-refractivity contribution is 0.581. The Labute approximate surface area is 154 Å². The van der Waals surface area contributed by atoms with E-state index in [1.807, 2.05) is 13.0 Å². The highest BCUT2D eigenvalue weighted by Gasteiger charge is 2.16. The molecule has 0 spiro atoms. The summed E-state index contributed by atoms with van der Waals surface area (Å²) in [6.45, 7) is 4.81. The van der Waals surface area contributed by atoms with E-state index >= 15 is 0 Å². The van der Waals surface area contributed by atoms with E-state index in [1.54, 1.807) is 6.07 Å². The molecule has 1 saturated heterocycles. The first-order chi connectivity index (χ1) is 12.1. The van der Waals surface area contributed by atoms with Crippen molar-refractivity contribution >= 4 is 27.0 Å². The maximum atomic E-state index is 12.3. The molecule has 1 aromatic heterocycles. The normalized spacial score (nSPS) is 15.0. The molecule has 25 heavy (non-hydrogen) atoms. The minimum atomic E-state index is -3.36. The molecule has 0 amide bonds. The van der Waals surface area contributed by atoms with E-state index < -0.39 is 10.0 Å². The van der Waals surface area contributed by atoms with E-state index in [0.717, 1.165) is 37.2 Å². The number of rotatable bonds is 8. The van der Waals surface area contributed by atoms with Crippen LogP contribution >= 0.6 is 11.3 Å². The number of hydrogen-bond donors (Lipinski definition) is 1. The lowest BCUT2D eigenvalue weighted by Crippen LogP contribution is -2.24. The Morgan fingerprint density at radius 2 is 1.80 bits per heavy atom. The van der Waals surface area contributed by atoms with E-state index in [9.17, 15) is 8.42 Å². The van der Waals surface area contributed by atoms with Crippen LogP contribution in [-0.2, 0) is 22.9 Å². The fourth-order valence-corrected chi connectivity index (χ4v) is 5.53. The van der Waals surface area contributed by atoms with Crippen LogP contribution in [0.3, 0.4) is 0 Å². The van der Waals surface area contributed by atoms with Crippen molar-refractivity contribution in [3.63, 3.8) is 0 Å². The summed E-state index contributed by atoms with van der Waals surface area (Å²) < 4.78 is 27.6. The van der Waals surface area contributed by atoms with E-state index in [1.165, 1.54) is 35.4 Å². The second-order valence-corrected chi connectivity index (χ2v) is 9.60. The monoisotopic (exact) mass is 378 g/mol. The number of aryl methyl sites for hydroxylation is 2. The van der Waals surface area contributed by atoms with Crippen molar-refractivity contribution in [2.75, 3.05) is 24.5 Å². The highest BCUT2D eigenvalue weighted by Crippen LogP contribution is 2.22. The second-order valence-electron chi connectivity index (χ2n) is 6.44. The molecule has 0 atom stereocenters. The fraction of sp³-hybridized carbons (Fsp3) is 0.474. The number of nitrogens with one attached hydrogen (secondary N) is 1. The molecular weight excluding hydrogens is 352 g/mol. The van der Waals surface area contributed by atoms with Gasteiger partial charge in [-0.25, -0.2) is 13.1 Å². The number of anilines is 1. The van der Waals surface area contributed by atoms with Gasteiger partial charge in [0.2, 0.25) is 10.0 Å². The van der Waals surface area contributed by atoms with Gasteiger partial charge in [-0.05, 0) is 61.9 Å². The van der Waals surface area contributed by atoms with Crippen molar-refractivity contribution in [1.29, 1.82) is 0 Å². The zero-order valence-corrected chi connectivity index (χ0v) is 16.3. The quantitative estimate of drug-likeness (QED) is 0.711. The Hall–Kier alpha value is -1.37. The molecular formula is C19H26N2O2S2. The summed E-state index contributed by atoms with van der Waals surface area (Å²) in [5, 5.41) is 0. The predicted octanol–water partition coefficient (Wildman–Crippen LogP) is 3.82. The number of sulfonamides is 1. The SMILES string of the molecule is CCc1ccc(S(=O)(=O)NCCCc2ccc(N3CCCC3)cc2)s1. The minimum absolute atomic E-state index is 0.416. The Balaban J connectivity index is 1.46. The van der Waals surface area contributed by atoms with Gasteiger partial charge >= 0.3 is 0 Å². The summed E-state index contributed by atoms with van der Waals surface area (Å²) in [5.41, 5.74) is 2.55. The maximum Gasteiger partial charge on any atom is 0.250 e. The van der Waals surface area contributed by atoms with Gasteiger partial charge in [0.25, 0.3) is 0 Å². The third kappa shape index (κ3) is 4.84.